The molecule has 1 aromatic heterocycles. The van der Waals surface area contributed by atoms with Crippen molar-refractivity contribution in [2.24, 2.45) is 5.10 Å². The first-order valence-electron chi connectivity index (χ1n) is 8.67. The highest BCUT2D eigenvalue weighted by Crippen LogP contribution is 2.28. The number of hydrazone groups is 1. The molecule has 1 amide bonds. The molecule has 3 aromatic rings. The van der Waals surface area contributed by atoms with Crippen LogP contribution in [0.1, 0.15) is 27.3 Å². The Hall–Kier alpha value is -3.88. The van der Waals surface area contributed by atoms with Crippen LogP contribution in [0, 0.1) is 6.92 Å². The molecule has 0 fully saturated rings. The molecule has 0 aliphatic heterocycles. The highest BCUT2D eigenvalue weighted by Gasteiger charge is 2.10. The van der Waals surface area contributed by atoms with Crippen LogP contribution in [0.5, 0.6) is 17.2 Å². The Morgan fingerprint density at radius 3 is 2.55 bits per heavy atom. The third-order valence-electron chi connectivity index (χ3n) is 4.03. The monoisotopic (exact) mass is 396 g/mol. The number of hydrogen-bond acceptors (Lipinski definition) is 8. The predicted molar refractivity (Wildman–Crippen MR) is 104 cm³/mol. The van der Waals surface area contributed by atoms with Gasteiger partial charge in [-0.1, -0.05) is 10.3 Å². The summed E-state index contributed by atoms with van der Waals surface area (Å²) in [5.41, 5.74) is 4.96. The van der Waals surface area contributed by atoms with Gasteiger partial charge in [0.2, 0.25) is 0 Å². The minimum Gasteiger partial charge on any atom is -0.497 e. The number of aromatic nitrogens is 2. The molecule has 9 nitrogen and oxygen atoms in total. The number of amides is 1. The molecule has 0 unspecified atom stereocenters. The molecule has 0 saturated carbocycles. The minimum atomic E-state index is -0.326. The number of carbonyl (C=O) groups excluding carboxylic acids is 1. The van der Waals surface area contributed by atoms with Gasteiger partial charge in [-0.2, -0.15) is 5.10 Å². The fourth-order valence-electron chi connectivity index (χ4n) is 2.38. The molecular weight excluding hydrogens is 376 g/mol. The van der Waals surface area contributed by atoms with E-state index in [2.05, 4.69) is 25.5 Å². The van der Waals surface area contributed by atoms with Gasteiger partial charge in [0, 0.05) is 5.56 Å². The molecule has 0 spiro atoms. The summed E-state index contributed by atoms with van der Waals surface area (Å²) in [6.45, 7) is 1.99. The van der Waals surface area contributed by atoms with Crippen LogP contribution in [0.2, 0.25) is 0 Å². The lowest BCUT2D eigenvalue weighted by Crippen LogP contribution is -2.17. The van der Waals surface area contributed by atoms with Crippen LogP contribution in [0.4, 0.5) is 0 Å². The van der Waals surface area contributed by atoms with E-state index in [0.29, 0.717) is 34.2 Å². The molecule has 150 valence electrons. The van der Waals surface area contributed by atoms with E-state index < -0.39 is 0 Å². The molecule has 9 heteroatoms. The molecule has 29 heavy (non-hydrogen) atoms. The lowest BCUT2D eigenvalue weighted by Gasteiger charge is -2.10. The zero-order valence-corrected chi connectivity index (χ0v) is 16.2. The van der Waals surface area contributed by atoms with Gasteiger partial charge in [0.15, 0.2) is 11.5 Å². The number of benzene rings is 2. The summed E-state index contributed by atoms with van der Waals surface area (Å²) in [5, 5.41) is 11.5. The van der Waals surface area contributed by atoms with Crippen LogP contribution in [0.25, 0.3) is 0 Å². The van der Waals surface area contributed by atoms with Gasteiger partial charge in [-0.25, -0.2) is 10.1 Å². The van der Waals surface area contributed by atoms with Gasteiger partial charge >= 0.3 is 0 Å². The van der Waals surface area contributed by atoms with Crippen molar-refractivity contribution >= 4 is 12.1 Å². The zero-order valence-electron chi connectivity index (χ0n) is 16.2. The second kappa shape index (κ2) is 9.36. The Morgan fingerprint density at radius 2 is 1.90 bits per heavy atom. The highest BCUT2D eigenvalue weighted by atomic mass is 16.6. The second-order valence-electron chi connectivity index (χ2n) is 5.92. The number of methoxy groups -OCH3 is 2. The van der Waals surface area contributed by atoms with E-state index in [1.807, 2.05) is 0 Å². The number of carbonyl (C=O) groups is 1. The fraction of sp³-hybridized carbons (Fsp3) is 0.200. The van der Waals surface area contributed by atoms with Crippen LogP contribution in [-0.4, -0.2) is 36.7 Å². The second-order valence-corrected chi connectivity index (χ2v) is 5.92. The quantitative estimate of drug-likeness (QED) is 0.461. The summed E-state index contributed by atoms with van der Waals surface area (Å²) in [4.78, 5) is 12.1. The van der Waals surface area contributed by atoms with Crippen molar-refractivity contribution in [3.8, 4) is 17.2 Å². The third-order valence-corrected chi connectivity index (χ3v) is 4.03. The Balaban J connectivity index is 1.61. The fourth-order valence-corrected chi connectivity index (χ4v) is 2.38. The average Bonchev–Trinajstić information content (AvgIpc) is 3.17. The van der Waals surface area contributed by atoms with E-state index >= 15 is 0 Å². The summed E-state index contributed by atoms with van der Waals surface area (Å²) in [6.07, 6.45) is 1.51. The number of nitrogens with zero attached hydrogens (tertiary/aromatic N) is 3. The molecule has 0 atom stereocenters. The van der Waals surface area contributed by atoms with Gasteiger partial charge in [0.25, 0.3) is 5.91 Å². The molecule has 2 aromatic carbocycles. The topological polar surface area (TPSA) is 108 Å². The normalized spacial score (nSPS) is 10.7. The smallest absolute Gasteiger partial charge is 0.271 e. The number of hydrogen-bond donors (Lipinski definition) is 1. The first kappa shape index (κ1) is 19.9. The number of nitrogens with one attached hydrogen (secondary N) is 1. The maximum absolute atomic E-state index is 12.1. The SMILES string of the molecule is COc1ccc(C(=O)N/N=C/c2ccc(OCc3nonc3C)c(OC)c2)cc1. The van der Waals surface area contributed by atoms with Crippen molar-refractivity contribution < 1.29 is 23.6 Å². The molecular formula is C20H20N4O5. The van der Waals surface area contributed by atoms with E-state index in [-0.39, 0.29) is 12.5 Å². The highest BCUT2D eigenvalue weighted by molar-refractivity contribution is 5.95. The first-order chi connectivity index (χ1) is 14.1. The maximum atomic E-state index is 12.1. The van der Waals surface area contributed by atoms with Crippen molar-refractivity contribution in [3.63, 3.8) is 0 Å². The van der Waals surface area contributed by atoms with E-state index in [0.717, 1.165) is 5.56 Å². The first-order valence-corrected chi connectivity index (χ1v) is 8.67. The van der Waals surface area contributed by atoms with Gasteiger partial charge in [-0.3, -0.25) is 4.79 Å². The standard InChI is InChI=1S/C20H20N4O5/c1-13-17(24-29-23-13)12-28-18-9-4-14(10-19(18)27-3)11-21-22-20(25)15-5-7-16(26-2)8-6-15/h4-11H,12H2,1-3H3,(H,22,25)/b21-11+. The van der Waals surface area contributed by atoms with Crippen LogP contribution < -0.4 is 19.6 Å². The Labute approximate surface area is 167 Å². The molecule has 0 radical (unpaired) electrons. The number of ether oxygens (including phenoxy) is 3. The van der Waals surface area contributed by atoms with Crippen LogP contribution in [-0.2, 0) is 6.61 Å². The summed E-state index contributed by atoms with van der Waals surface area (Å²) in [6, 6.07) is 12.0. The molecule has 1 heterocycles. The summed E-state index contributed by atoms with van der Waals surface area (Å²) >= 11 is 0. The van der Waals surface area contributed by atoms with E-state index in [1.54, 1.807) is 56.5 Å². The van der Waals surface area contributed by atoms with E-state index in [9.17, 15) is 4.79 Å². The largest absolute Gasteiger partial charge is 0.497 e. The van der Waals surface area contributed by atoms with Crippen molar-refractivity contribution in [3.05, 3.63) is 65.0 Å². The van der Waals surface area contributed by atoms with Crippen molar-refractivity contribution in [2.75, 3.05) is 14.2 Å². The van der Waals surface area contributed by atoms with Crippen LogP contribution in [0.15, 0.2) is 52.2 Å². The number of rotatable bonds is 8. The Kier molecular flexibility index (Phi) is 6.41. The predicted octanol–water partition coefficient (Wildman–Crippen LogP) is 2.74. The van der Waals surface area contributed by atoms with Gasteiger partial charge in [0.05, 0.1) is 20.4 Å². The van der Waals surface area contributed by atoms with Gasteiger partial charge in [-0.15, -0.1) is 0 Å². The summed E-state index contributed by atoms with van der Waals surface area (Å²) in [7, 11) is 3.11. The van der Waals surface area contributed by atoms with Gasteiger partial charge in [0.1, 0.15) is 23.7 Å². The molecule has 3 rings (SSSR count). The van der Waals surface area contributed by atoms with E-state index in [4.69, 9.17) is 14.2 Å². The van der Waals surface area contributed by atoms with E-state index in [1.165, 1.54) is 13.3 Å². The molecule has 0 aliphatic carbocycles. The summed E-state index contributed by atoms with van der Waals surface area (Å²) in [5.74, 6) is 1.40. The average molecular weight is 396 g/mol. The third kappa shape index (κ3) is 5.10. The van der Waals surface area contributed by atoms with Crippen molar-refractivity contribution in [2.45, 2.75) is 13.5 Å². The lowest BCUT2D eigenvalue weighted by atomic mass is 10.2. The van der Waals surface area contributed by atoms with Crippen molar-refractivity contribution in [1.29, 1.82) is 0 Å². The summed E-state index contributed by atoms with van der Waals surface area (Å²) < 4.78 is 20.8. The minimum absolute atomic E-state index is 0.205. The number of aryl methyl sites for hydroxylation is 1. The molecule has 1 N–H and O–H groups in total. The Bertz CT molecular complexity index is 998. The van der Waals surface area contributed by atoms with Crippen LogP contribution in [0.3, 0.4) is 0 Å². The zero-order chi connectivity index (χ0) is 20.6. The molecule has 0 aliphatic rings. The van der Waals surface area contributed by atoms with Gasteiger partial charge < -0.3 is 14.2 Å². The van der Waals surface area contributed by atoms with Crippen molar-refractivity contribution in [1.82, 2.24) is 15.7 Å². The Morgan fingerprint density at radius 1 is 1.10 bits per heavy atom. The molecule has 0 saturated heterocycles. The molecule has 0 bridgehead atoms. The maximum Gasteiger partial charge on any atom is 0.271 e. The lowest BCUT2D eigenvalue weighted by molar-refractivity contribution is 0.0955. The van der Waals surface area contributed by atoms with Crippen LogP contribution >= 0.6 is 0 Å². The van der Waals surface area contributed by atoms with Gasteiger partial charge in [-0.05, 0) is 55.0 Å².